The Morgan fingerprint density at radius 3 is 2.33 bits per heavy atom. The zero-order valence-electron chi connectivity index (χ0n) is 4.42. The Labute approximate surface area is 54.3 Å². The van der Waals surface area contributed by atoms with Gasteiger partial charge in [-0.05, 0) is 0 Å². The minimum Gasteiger partial charge on any atom is -0.755 e. The molecule has 0 aliphatic rings. The number of nitrogens with two attached hydrogens (primary N) is 1. The Hall–Kier alpha value is -0.880. The summed E-state index contributed by atoms with van der Waals surface area (Å²) in [5.74, 6) is -0.890. The van der Waals surface area contributed by atoms with Crippen LogP contribution in [0.15, 0.2) is 12.3 Å². The fraction of sp³-hybridized carbons (Fsp3) is 0. The molecular weight excluding hydrogens is 144 g/mol. The van der Waals surface area contributed by atoms with Crippen LogP contribution in [0.2, 0.25) is 0 Å². The largest absolute Gasteiger partial charge is 0.755 e. The van der Waals surface area contributed by atoms with Gasteiger partial charge in [-0.15, -0.1) is 0 Å². The molecule has 0 spiro atoms. The maximum absolute atomic E-state index is 10.0. The average Bonchev–Trinajstić information content (AvgIpc) is 1.63. The Morgan fingerprint density at radius 2 is 2.22 bits per heavy atom. The number of amides is 1. The molecule has 0 aromatic rings. The molecule has 0 aromatic heterocycles. The van der Waals surface area contributed by atoms with E-state index in [1.54, 1.807) is 4.72 Å². The van der Waals surface area contributed by atoms with Crippen molar-refractivity contribution in [1.82, 2.24) is 4.72 Å². The van der Waals surface area contributed by atoms with Crippen LogP contribution in [0.25, 0.3) is 0 Å². The topological polar surface area (TPSA) is 95.2 Å². The SMILES string of the molecule is C=C(NS(=O)[O-])C(N)=O. The van der Waals surface area contributed by atoms with Gasteiger partial charge in [0, 0.05) is 11.3 Å². The Morgan fingerprint density at radius 1 is 1.78 bits per heavy atom. The van der Waals surface area contributed by atoms with Crippen molar-refractivity contribution in [3.05, 3.63) is 12.3 Å². The van der Waals surface area contributed by atoms with Crippen LogP contribution in [0, 0.1) is 0 Å². The number of carbonyl (C=O) groups is 1. The second-order valence-electron chi connectivity index (χ2n) is 1.18. The maximum atomic E-state index is 10.0. The third-order valence-corrected chi connectivity index (χ3v) is 0.917. The van der Waals surface area contributed by atoms with Crippen molar-refractivity contribution in [2.75, 3.05) is 0 Å². The second-order valence-corrected chi connectivity index (χ2v) is 1.85. The van der Waals surface area contributed by atoms with Gasteiger partial charge in [-0.1, -0.05) is 6.58 Å². The summed E-state index contributed by atoms with van der Waals surface area (Å²) in [6.07, 6.45) is 0. The minimum absolute atomic E-state index is 0.344. The van der Waals surface area contributed by atoms with Crippen molar-refractivity contribution in [2.24, 2.45) is 5.73 Å². The van der Waals surface area contributed by atoms with Gasteiger partial charge in [0.1, 0.15) is 5.70 Å². The standard InChI is InChI=1S/C3H6N2O3S/c1-2(3(4)6)5-9(7)8/h5H,1H2,(H2,4,6)(H,7,8)/p-1. The Balaban J connectivity index is 3.79. The third-order valence-electron chi connectivity index (χ3n) is 0.504. The first-order chi connectivity index (χ1) is 4.04. The monoisotopic (exact) mass is 149 g/mol. The van der Waals surface area contributed by atoms with Crippen LogP contribution in [-0.4, -0.2) is 14.7 Å². The zero-order chi connectivity index (χ0) is 7.44. The smallest absolute Gasteiger partial charge is 0.265 e. The van der Waals surface area contributed by atoms with Crippen LogP contribution >= 0.6 is 0 Å². The van der Waals surface area contributed by atoms with E-state index >= 15 is 0 Å². The molecule has 0 bridgehead atoms. The molecule has 9 heavy (non-hydrogen) atoms. The van der Waals surface area contributed by atoms with E-state index in [2.05, 4.69) is 12.3 Å². The Kier molecular flexibility index (Phi) is 2.89. The summed E-state index contributed by atoms with van der Waals surface area (Å²) in [4.78, 5) is 10.0. The fourth-order valence-corrected chi connectivity index (χ4v) is 0.453. The number of primary amides is 1. The summed E-state index contributed by atoms with van der Waals surface area (Å²) in [7, 11) is 0. The van der Waals surface area contributed by atoms with Crippen LogP contribution in [0.5, 0.6) is 0 Å². The second kappa shape index (κ2) is 3.21. The van der Waals surface area contributed by atoms with Crippen molar-refractivity contribution in [2.45, 2.75) is 0 Å². The molecule has 0 saturated heterocycles. The lowest BCUT2D eigenvalue weighted by Crippen LogP contribution is -2.26. The van der Waals surface area contributed by atoms with Crippen molar-refractivity contribution < 1.29 is 13.6 Å². The number of hydrogen-bond acceptors (Lipinski definition) is 3. The number of nitrogens with one attached hydrogen (secondary N) is 1. The summed E-state index contributed by atoms with van der Waals surface area (Å²) in [5.41, 5.74) is 4.27. The first-order valence-electron chi connectivity index (χ1n) is 1.88. The highest BCUT2D eigenvalue weighted by atomic mass is 32.2. The van der Waals surface area contributed by atoms with Crippen LogP contribution in [0.1, 0.15) is 0 Å². The van der Waals surface area contributed by atoms with E-state index in [-0.39, 0.29) is 5.70 Å². The van der Waals surface area contributed by atoms with Crippen LogP contribution < -0.4 is 10.5 Å². The summed E-state index contributed by atoms with van der Waals surface area (Å²) in [6, 6.07) is 0. The highest BCUT2D eigenvalue weighted by Gasteiger charge is 1.97. The lowest BCUT2D eigenvalue weighted by molar-refractivity contribution is -0.114. The van der Waals surface area contributed by atoms with Gasteiger partial charge in [0.25, 0.3) is 5.91 Å². The van der Waals surface area contributed by atoms with E-state index in [0.29, 0.717) is 0 Å². The lowest BCUT2D eigenvalue weighted by Gasteiger charge is -2.06. The molecule has 52 valence electrons. The molecule has 0 heterocycles. The van der Waals surface area contributed by atoms with Gasteiger partial charge in [-0.3, -0.25) is 9.00 Å². The van der Waals surface area contributed by atoms with Gasteiger partial charge in [0.15, 0.2) is 0 Å². The quantitative estimate of drug-likeness (QED) is 0.372. The average molecular weight is 149 g/mol. The summed E-state index contributed by atoms with van der Waals surface area (Å²) < 4.78 is 21.2. The van der Waals surface area contributed by atoms with Gasteiger partial charge in [-0.2, -0.15) is 0 Å². The van der Waals surface area contributed by atoms with E-state index in [4.69, 9.17) is 0 Å². The first-order valence-corrected chi connectivity index (χ1v) is 2.96. The van der Waals surface area contributed by atoms with E-state index < -0.39 is 17.2 Å². The fourth-order valence-electron chi connectivity index (χ4n) is 0.151. The normalized spacial score (nSPS) is 12.1. The van der Waals surface area contributed by atoms with Crippen LogP contribution in [0.3, 0.4) is 0 Å². The van der Waals surface area contributed by atoms with E-state index in [9.17, 15) is 13.6 Å². The van der Waals surface area contributed by atoms with Gasteiger partial charge in [0.05, 0.1) is 0 Å². The number of rotatable bonds is 3. The molecule has 1 amide bonds. The summed E-state index contributed by atoms with van der Waals surface area (Å²) in [5, 5.41) is 0. The highest BCUT2D eigenvalue weighted by Crippen LogP contribution is 1.79. The molecule has 0 saturated carbocycles. The first kappa shape index (κ1) is 8.12. The summed E-state index contributed by atoms with van der Waals surface area (Å²) >= 11 is -2.52. The molecule has 6 heteroatoms. The Bertz CT molecular complexity index is 166. The predicted octanol–water partition coefficient (Wildman–Crippen LogP) is -1.63. The van der Waals surface area contributed by atoms with E-state index in [1.165, 1.54) is 0 Å². The molecule has 0 aliphatic heterocycles. The van der Waals surface area contributed by atoms with Gasteiger partial charge < -0.3 is 15.0 Å². The zero-order valence-corrected chi connectivity index (χ0v) is 5.23. The predicted molar refractivity (Wildman–Crippen MR) is 30.4 cm³/mol. The molecule has 0 rings (SSSR count). The maximum Gasteiger partial charge on any atom is 0.265 e. The van der Waals surface area contributed by atoms with Gasteiger partial charge in [-0.25, -0.2) is 0 Å². The molecular formula is C3H5N2O3S-. The van der Waals surface area contributed by atoms with Crippen molar-refractivity contribution in [3.63, 3.8) is 0 Å². The molecule has 0 fully saturated rings. The molecule has 0 radical (unpaired) electrons. The van der Waals surface area contributed by atoms with E-state index in [1.807, 2.05) is 0 Å². The van der Waals surface area contributed by atoms with Crippen molar-refractivity contribution in [1.29, 1.82) is 0 Å². The number of carbonyl (C=O) groups excluding carboxylic acids is 1. The number of hydrogen-bond donors (Lipinski definition) is 2. The van der Waals surface area contributed by atoms with Crippen molar-refractivity contribution in [3.8, 4) is 0 Å². The molecule has 0 aliphatic carbocycles. The molecule has 5 nitrogen and oxygen atoms in total. The van der Waals surface area contributed by atoms with Gasteiger partial charge in [0.2, 0.25) is 0 Å². The third kappa shape index (κ3) is 3.68. The lowest BCUT2D eigenvalue weighted by atomic mass is 10.5. The van der Waals surface area contributed by atoms with E-state index in [0.717, 1.165) is 0 Å². The molecule has 3 N–H and O–H groups in total. The van der Waals surface area contributed by atoms with Gasteiger partial charge >= 0.3 is 0 Å². The molecule has 0 aromatic carbocycles. The summed E-state index contributed by atoms with van der Waals surface area (Å²) in [6.45, 7) is 3.02. The minimum atomic E-state index is -2.52. The van der Waals surface area contributed by atoms with Crippen molar-refractivity contribution >= 4 is 17.2 Å². The molecule has 1 unspecified atom stereocenters. The molecule has 1 atom stereocenters. The highest BCUT2D eigenvalue weighted by molar-refractivity contribution is 7.77. The van der Waals surface area contributed by atoms with Crippen LogP contribution in [-0.2, 0) is 16.1 Å². The van der Waals surface area contributed by atoms with Crippen LogP contribution in [0.4, 0.5) is 0 Å².